The van der Waals surface area contributed by atoms with Crippen molar-refractivity contribution in [3.05, 3.63) is 16.1 Å². The fourth-order valence-electron chi connectivity index (χ4n) is 2.66. The third kappa shape index (κ3) is 5.25. The molecule has 0 saturated carbocycles. The molecular weight excluding hydrogens is 294 g/mol. The number of thiazole rings is 1. The summed E-state index contributed by atoms with van der Waals surface area (Å²) in [6.07, 6.45) is 6.58. The number of likely N-dealkylation sites (N-methyl/N-ethyl adjacent to an activating group) is 1. The molecule has 5 nitrogen and oxygen atoms in total. The zero-order chi connectivity index (χ0) is 15.8. The smallest absolute Gasteiger partial charge is 0.191 e. The standard InChI is InChI=1S/C16H29N5S/c1-4-14-12-19-15(22-14)8-9-18-16(17-5-2)20-11-13-7-6-10-21(13)3/h12-13H,4-11H2,1-3H3,(H2,17,18,20). The van der Waals surface area contributed by atoms with Crippen molar-refractivity contribution in [3.8, 4) is 0 Å². The maximum absolute atomic E-state index is 4.73. The van der Waals surface area contributed by atoms with Crippen molar-refractivity contribution >= 4 is 17.3 Å². The Bertz CT molecular complexity index is 471. The van der Waals surface area contributed by atoms with Gasteiger partial charge in [0.15, 0.2) is 5.96 Å². The molecule has 22 heavy (non-hydrogen) atoms. The fraction of sp³-hybridized carbons (Fsp3) is 0.750. The van der Waals surface area contributed by atoms with E-state index in [9.17, 15) is 0 Å². The van der Waals surface area contributed by atoms with Gasteiger partial charge in [0.05, 0.1) is 11.6 Å². The summed E-state index contributed by atoms with van der Waals surface area (Å²) in [5.41, 5.74) is 0. The van der Waals surface area contributed by atoms with Gasteiger partial charge < -0.3 is 15.5 Å². The number of guanidine groups is 1. The van der Waals surface area contributed by atoms with Crippen LogP contribution in [0.15, 0.2) is 11.2 Å². The Morgan fingerprint density at radius 2 is 2.32 bits per heavy atom. The van der Waals surface area contributed by atoms with Gasteiger partial charge in [-0.2, -0.15) is 0 Å². The van der Waals surface area contributed by atoms with Gasteiger partial charge in [-0.3, -0.25) is 4.99 Å². The van der Waals surface area contributed by atoms with Gasteiger partial charge in [0.1, 0.15) is 0 Å². The minimum Gasteiger partial charge on any atom is -0.357 e. The molecule has 0 aromatic carbocycles. The summed E-state index contributed by atoms with van der Waals surface area (Å²) in [4.78, 5) is 13.0. The Balaban J connectivity index is 1.77. The molecule has 0 spiro atoms. The Kier molecular flexibility index (Phi) is 7.12. The van der Waals surface area contributed by atoms with E-state index in [1.54, 1.807) is 0 Å². The van der Waals surface area contributed by atoms with E-state index < -0.39 is 0 Å². The lowest BCUT2D eigenvalue weighted by Gasteiger charge is -2.18. The molecule has 2 N–H and O–H groups in total. The molecule has 1 aliphatic heterocycles. The lowest BCUT2D eigenvalue weighted by atomic mass is 10.2. The van der Waals surface area contributed by atoms with E-state index in [0.29, 0.717) is 6.04 Å². The highest BCUT2D eigenvalue weighted by Crippen LogP contribution is 2.15. The first-order valence-corrected chi connectivity index (χ1v) is 9.20. The van der Waals surface area contributed by atoms with Crippen molar-refractivity contribution in [3.63, 3.8) is 0 Å². The number of aromatic nitrogens is 1. The molecule has 1 aliphatic rings. The van der Waals surface area contributed by atoms with Crippen molar-refractivity contribution in [2.24, 2.45) is 4.99 Å². The number of aryl methyl sites for hydroxylation is 1. The van der Waals surface area contributed by atoms with Crippen LogP contribution in [0.1, 0.15) is 36.6 Å². The molecule has 0 radical (unpaired) electrons. The van der Waals surface area contributed by atoms with Crippen molar-refractivity contribution < 1.29 is 0 Å². The minimum atomic E-state index is 0.599. The second-order valence-corrected chi connectivity index (χ2v) is 6.95. The fourth-order valence-corrected chi connectivity index (χ4v) is 3.53. The first-order chi connectivity index (χ1) is 10.7. The largest absolute Gasteiger partial charge is 0.357 e. The van der Waals surface area contributed by atoms with Crippen molar-refractivity contribution in [2.75, 3.05) is 33.2 Å². The van der Waals surface area contributed by atoms with E-state index in [1.165, 1.54) is 29.3 Å². The van der Waals surface area contributed by atoms with Crippen LogP contribution in [0.25, 0.3) is 0 Å². The molecule has 0 aliphatic carbocycles. The van der Waals surface area contributed by atoms with Crippen LogP contribution in [0.2, 0.25) is 0 Å². The van der Waals surface area contributed by atoms with E-state index in [-0.39, 0.29) is 0 Å². The second-order valence-electron chi connectivity index (χ2n) is 5.75. The summed E-state index contributed by atoms with van der Waals surface area (Å²) in [6, 6.07) is 0.599. The predicted octanol–water partition coefficient (Wildman–Crippen LogP) is 1.90. The average Bonchev–Trinajstić information content (AvgIpc) is 3.13. The van der Waals surface area contributed by atoms with Gasteiger partial charge in [-0.25, -0.2) is 4.98 Å². The van der Waals surface area contributed by atoms with Gasteiger partial charge in [-0.15, -0.1) is 11.3 Å². The van der Waals surface area contributed by atoms with Crippen LogP contribution >= 0.6 is 11.3 Å². The van der Waals surface area contributed by atoms with Gasteiger partial charge in [-0.05, 0) is 39.8 Å². The van der Waals surface area contributed by atoms with Crippen LogP contribution in [-0.4, -0.2) is 55.1 Å². The SMILES string of the molecule is CCNC(=NCC1CCCN1C)NCCc1ncc(CC)s1. The van der Waals surface area contributed by atoms with Crippen LogP contribution in [0.5, 0.6) is 0 Å². The molecular formula is C16H29N5S. The lowest BCUT2D eigenvalue weighted by molar-refractivity contribution is 0.317. The number of likely N-dealkylation sites (tertiary alicyclic amines) is 1. The van der Waals surface area contributed by atoms with Gasteiger partial charge in [0, 0.05) is 36.6 Å². The molecule has 1 saturated heterocycles. The number of rotatable bonds is 7. The Morgan fingerprint density at radius 3 is 2.95 bits per heavy atom. The molecule has 1 atom stereocenters. The first-order valence-electron chi connectivity index (χ1n) is 8.39. The van der Waals surface area contributed by atoms with E-state index >= 15 is 0 Å². The maximum atomic E-state index is 4.73. The second kappa shape index (κ2) is 9.10. The van der Waals surface area contributed by atoms with Gasteiger partial charge >= 0.3 is 0 Å². The molecule has 2 heterocycles. The predicted molar refractivity (Wildman–Crippen MR) is 94.8 cm³/mol. The molecule has 6 heteroatoms. The van der Waals surface area contributed by atoms with Crippen LogP contribution in [0.4, 0.5) is 0 Å². The highest BCUT2D eigenvalue weighted by atomic mass is 32.1. The van der Waals surface area contributed by atoms with Gasteiger partial charge in [0.2, 0.25) is 0 Å². The van der Waals surface area contributed by atoms with E-state index in [4.69, 9.17) is 4.99 Å². The number of aliphatic imine (C=N–C) groups is 1. The summed E-state index contributed by atoms with van der Waals surface area (Å²) < 4.78 is 0. The average molecular weight is 324 g/mol. The quantitative estimate of drug-likeness (QED) is 0.594. The highest BCUT2D eigenvalue weighted by Gasteiger charge is 2.20. The molecule has 1 unspecified atom stereocenters. The molecule has 124 valence electrons. The Labute approximate surface area is 138 Å². The lowest BCUT2D eigenvalue weighted by Crippen LogP contribution is -2.39. The first kappa shape index (κ1) is 17.2. The minimum absolute atomic E-state index is 0.599. The van der Waals surface area contributed by atoms with Crippen LogP contribution in [0.3, 0.4) is 0 Å². The summed E-state index contributed by atoms with van der Waals surface area (Å²) in [7, 11) is 2.20. The monoisotopic (exact) mass is 323 g/mol. The van der Waals surface area contributed by atoms with Gasteiger partial charge in [0.25, 0.3) is 0 Å². The number of hydrogen-bond donors (Lipinski definition) is 2. The normalized spacial score (nSPS) is 19.6. The van der Waals surface area contributed by atoms with E-state index in [2.05, 4.69) is 41.4 Å². The third-order valence-corrected chi connectivity index (χ3v) is 5.26. The topological polar surface area (TPSA) is 52.6 Å². The maximum Gasteiger partial charge on any atom is 0.191 e. The number of hydrogen-bond acceptors (Lipinski definition) is 4. The molecule has 1 aromatic rings. The molecule has 0 bridgehead atoms. The molecule has 1 fully saturated rings. The summed E-state index contributed by atoms with van der Waals surface area (Å²) in [5, 5.41) is 7.95. The zero-order valence-electron chi connectivity index (χ0n) is 14.1. The molecule has 0 amide bonds. The number of nitrogens with one attached hydrogen (secondary N) is 2. The zero-order valence-corrected chi connectivity index (χ0v) is 14.9. The molecule has 2 rings (SSSR count). The van der Waals surface area contributed by atoms with Crippen LogP contribution < -0.4 is 10.6 Å². The van der Waals surface area contributed by atoms with E-state index in [0.717, 1.165) is 38.4 Å². The van der Waals surface area contributed by atoms with E-state index in [1.807, 2.05) is 17.5 Å². The summed E-state index contributed by atoms with van der Waals surface area (Å²) in [6.45, 7) is 8.13. The number of nitrogens with zero attached hydrogens (tertiary/aromatic N) is 3. The van der Waals surface area contributed by atoms with Crippen LogP contribution in [-0.2, 0) is 12.8 Å². The Morgan fingerprint density at radius 1 is 1.45 bits per heavy atom. The summed E-state index contributed by atoms with van der Waals surface area (Å²) in [5.74, 6) is 0.926. The summed E-state index contributed by atoms with van der Waals surface area (Å²) >= 11 is 1.81. The Hall–Kier alpha value is -1.14. The van der Waals surface area contributed by atoms with Crippen molar-refractivity contribution in [1.82, 2.24) is 20.5 Å². The third-order valence-electron chi connectivity index (χ3n) is 4.06. The van der Waals surface area contributed by atoms with Gasteiger partial charge in [-0.1, -0.05) is 6.92 Å². The van der Waals surface area contributed by atoms with Crippen molar-refractivity contribution in [2.45, 2.75) is 45.6 Å². The highest BCUT2D eigenvalue weighted by molar-refractivity contribution is 7.11. The van der Waals surface area contributed by atoms with Crippen molar-refractivity contribution in [1.29, 1.82) is 0 Å². The molecule has 1 aromatic heterocycles. The van der Waals surface area contributed by atoms with Crippen LogP contribution in [0, 0.1) is 0 Å².